The molecule has 71 heavy (non-hydrogen) atoms. The van der Waals surface area contributed by atoms with Crippen molar-refractivity contribution in [3.8, 4) is 0 Å². The first kappa shape index (κ1) is 57.2. The molecule has 4 rings (SSSR count). The Morgan fingerprint density at radius 2 is 1.30 bits per heavy atom. The van der Waals surface area contributed by atoms with Crippen molar-refractivity contribution in [1.82, 2.24) is 41.3 Å². The molecule has 0 spiro atoms. The molecule has 1 aromatic carbocycles. The zero-order chi connectivity index (χ0) is 52.2. The fourth-order valence-electron chi connectivity index (χ4n) is 9.17. The molecule has 0 unspecified atom stereocenters. The Hall–Kier alpha value is -6.40. The van der Waals surface area contributed by atoms with Crippen molar-refractivity contribution in [2.45, 2.75) is 146 Å². The van der Waals surface area contributed by atoms with Gasteiger partial charge in [0.15, 0.2) is 5.96 Å². The van der Waals surface area contributed by atoms with Crippen LogP contribution in [0.25, 0.3) is 0 Å². The quantitative estimate of drug-likeness (QED) is 0.0236. The molecule has 3 fully saturated rings. The number of aliphatic imine (C=N–C) groups is 1. The summed E-state index contributed by atoms with van der Waals surface area (Å²) >= 11 is 0. The summed E-state index contributed by atoms with van der Waals surface area (Å²) in [5, 5.41) is 32.9. The number of amides is 8. The van der Waals surface area contributed by atoms with Crippen LogP contribution in [0.2, 0.25) is 0 Å². The van der Waals surface area contributed by atoms with Gasteiger partial charge in [0.05, 0.1) is 19.2 Å². The minimum Gasteiger partial charge on any atom is -0.480 e. The van der Waals surface area contributed by atoms with Gasteiger partial charge in [-0.05, 0) is 88.7 Å². The number of nitrogens with one attached hydrogen (secondary N) is 5. The molecule has 3 aliphatic rings. The largest absolute Gasteiger partial charge is 0.480 e. The summed E-state index contributed by atoms with van der Waals surface area (Å²) in [6.07, 6.45) is 4.49. The van der Waals surface area contributed by atoms with Gasteiger partial charge in [-0.2, -0.15) is 0 Å². The van der Waals surface area contributed by atoms with E-state index >= 15 is 0 Å². The standard InChI is InChI=1S/C47H75N13O11/c1-28(2)24-33(46(70)71)56-42(66)36-17-10-21-58(36)44(68)34(27-61)57-40(64)32(25-29-12-4-3-5-13-29)54-38(62)26-53-41(65)35-16-9-22-59(35)45(69)37-18-11-23-60(37)43(67)31(15-8-20-52-47(50)51)55-39(63)30(49)14-6-7-19-48/h3-5,12-13,28,30-37,61H,6-11,14-27,48-49H2,1-2H3,(H,53,65)(H,54,62)(H,55,63)(H,56,66)(H,57,64)(H,70,71)(H4,50,51,52)/t30-,31-,32-,33-,34-,35-,36-,37-/m0/s1. The molecule has 3 aliphatic heterocycles. The summed E-state index contributed by atoms with van der Waals surface area (Å²) in [6.45, 7) is 3.38. The first-order valence-corrected chi connectivity index (χ1v) is 24.6. The normalized spacial score (nSPS) is 19.7. The van der Waals surface area contributed by atoms with E-state index in [1.54, 1.807) is 30.3 Å². The number of likely N-dealkylation sites (tertiary alicyclic amines) is 3. The fourth-order valence-corrected chi connectivity index (χ4v) is 9.17. The van der Waals surface area contributed by atoms with Crippen LogP contribution in [0.4, 0.5) is 0 Å². The van der Waals surface area contributed by atoms with Gasteiger partial charge in [-0.25, -0.2) is 4.79 Å². The number of carbonyl (C=O) groups is 9. The topological polar surface area (TPSA) is 380 Å². The Morgan fingerprint density at radius 3 is 1.90 bits per heavy atom. The molecular formula is C47H75N13O11. The predicted molar refractivity (Wildman–Crippen MR) is 260 cm³/mol. The molecule has 1 aromatic rings. The maximum absolute atomic E-state index is 14.2. The number of carboxylic acid groups (broad SMARTS) is 1. The van der Waals surface area contributed by atoms with Crippen molar-refractivity contribution in [2.24, 2.45) is 33.8 Å². The lowest BCUT2D eigenvalue weighted by Gasteiger charge is -2.33. The van der Waals surface area contributed by atoms with Crippen LogP contribution in [-0.2, 0) is 49.6 Å². The van der Waals surface area contributed by atoms with Crippen LogP contribution in [-0.4, -0.2) is 178 Å². The summed E-state index contributed by atoms with van der Waals surface area (Å²) in [4.78, 5) is 129. The zero-order valence-electron chi connectivity index (χ0n) is 40.9. The van der Waals surface area contributed by atoms with Gasteiger partial charge in [-0.3, -0.25) is 43.3 Å². The number of aliphatic hydroxyl groups is 1. The molecule has 0 aliphatic carbocycles. The molecule has 0 saturated carbocycles. The summed E-state index contributed by atoms with van der Waals surface area (Å²) < 4.78 is 0. The van der Waals surface area contributed by atoms with Gasteiger partial charge in [-0.15, -0.1) is 0 Å². The lowest BCUT2D eigenvalue weighted by atomic mass is 10.0. The predicted octanol–water partition coefficient (Wildman–Crippen LogP) is -3.11. The van der Waals surface area contributed by atoms with E-state index in [0.29, 0.717) is 63.5 Å². The van der Waals surface area contributed by atoms with E-state index in [0.717, 1.165) is 0 Å². The van der Waals surface area contributed by atoms with E-state index in [4.69, 9.17) is 22.9 Å². The van der Waals surface area contributed by atoms with Gasteiger partial charge in [-0.1, -0.05) is 50.6 Å². The number of guanidine groups is 1. The zero-order valence-corrected chi connectivity index (χ0v) is 40.9. The molecule has 3 saturated heterocycles. The number of hydrogen-bond donors (Lipinski definition) is 11. The summed E-state index contributed by atoms with van der Waals surface area (Å²) in [5.41, 5.74) is 23.3. The summed E-state index contributed by atoms with van der Waals surface area (Å²) in [6, 6.07) is -0.204. The van der Waals surface area contributed by atoms with Crippen LogP contribution in [0.15, 0.2) is 35.3 Å². The molecule has 8 amide bonds. The van der Waals surface area contributed by atoms with Crippen LogP contribution in [0.3, 0.4) is 0 Å². The Kier molecular flexibility index (Phi) is 22.9. The minimum atomic E-state index is -1.52. The maximum atomic E-state index is 14.2. The summed E-state index contributed by atoms with van der Waals surface area (Å²) in [5.74, 6) is -6.52. The SMILES string of the molecule is CC(C)C[C@H](NC(=O)[C@@H]1CCCN1C(=O)[C@H](CO)NC(=O)[C@H](Cc1ccccc1)NC(=O)CNC(=O)[C@@H]1CCCN1C(=O)[C@@H]1CCCN1C(=O)[C@H](CCCN=C(N)N)NC(=O)[C@@H](N)CCCCN)C(=O)O. The number of carbonyl (C=O) groups excluding carboxylic acids is 8. The maximum Gasteiger partial charge on any atom is 0.326 e. The lowest BCUT2D eigenvalue weighted by Crippen LogP contribution is -2.59. The molecule has 0 radical (unpaired) electrons. The molecule has 24 nitrogen and oxygen atoms in total. The first-order valence-electron chi connectivity index (χ1n) is 24.6. The van der Waals surface area contributed by atoms with E-state index in [9.17, 15) is 53.4 Å². The molecular weight excluding hydrogens is 923 g/mol. The Balaban J connectivity index is 1.40. The highest BCUT2D eigenvalue weighted by Crippen LogP contribution is 2.26. The van der Waals surface area contributed by atoms with Crippen LogP contribution >= 0.6 is 0 Å². The van der Waals surface area contributed by atoms with Crippen LogP contribution < -0.4 is 49.5 Å². The number of unbranched alkanes of at least 4 members (excludes halogenated alkanes) is 1. The third-order valence-corrected chi connectivity index (χ3v) is 12.8. The van der Waals surface area contributed by atoms with Crippen LogP contribution in [0, 0.1) is 5.92 Å². The Labute approximate surface area is 414 Å². The molecule has 394 valence electrons. The molecule has 8 atom stereocenters. The average Bonchev–Trinajstić information content (AvgIpc) is 4.15. The molecule has 24 heteroatoms. The number of nitrogens with two attached hydrogens (primary N) is 4. The third kappa shape index (κ3) is 17.2. The van der Waals surface area contributed by atoms with Crippen molar-refractivity contribution in [3.63, 3.8) is 0 Å². The molecule has 0 bridgehead atoms. The van der Waals surface area contributed by atoms with Crippen LogP contribution in [0.1, 0.15) is 96.5 Å². The van der Waals surface area contributed by atoms with E-state index < -0.39 is 115 Å². The average molecular weight is 998 g/mol. The number of rotatable bonds is 27. The van der Waals surface area contributed by atoms with Crippen LogP contribution in [0.5, 0.6) is 0 Å². The van der Waals surface area contributed by atoms with E-state index in [1.807, 2.05) is 13.8 Å². The second-order valence-corrected chi connectivity index (χ2v) is 18.8. The number of benzene rings is 1. The fraction of sp³-hybridized carbons (Fsp3) is 0.660. The lowest BCUT2D eigenvalue weighted by molar-refractivity contribution is -0.148. The number of nitrogens with zero attached hydrogens (tertiary/aromatic N) is 4. The second-order valence-electron chi connectivity index (χ2n) is 18.8. The van der Waals surface area contributed by atoms with Crippen molar-refractivity contribution in [1.29, 1.82) is 0 Å². The number of hydrogen-bond acceptors (Lipinski definition) is 13. The minimum absolute atomic E-state index is 0.0405. The molecule has 3 heterocycles. The van der Waals surface area contributed by atoms with E-state index in [-0.39, 0.29) is 70.2 Å². The number of carboxylic acids is 1. The highest BCUT2D eigenvalue weighted by molar-refractivity contribution is 5.98. The van der Waals surface area contributed by atoms with Gasteiger partial charge in [0, 0.05) is 32.6 Å². The molecule has 15 N–H and O–H groups in total. The summed E-state index contributed by atoms with van der Waals surface area (Å²) in [7, 11) is 0. The second kappa shape index (κ2) is 28.4. The van der Waals surface area contributed by atoms with Gasteiger partial charge in [0.25, 0.3) is 0 Å². The van der Waals surface area contributed by atoms with Gasteiger partial charge >= 0.3 is 5.97 Å². The number of aliphatic hydroxyl groups excluding tert-OH is 1. The molecule has 0 aromatic heterocycles. The van der Waals surface area contributed by atoms with E-state index in [2.05, 4.69) is 31.6 Å². The number of aliphatic carboxylic acids is 1. The van der Waals surface area contributed by atoms with Gasteiger partial charge in [0.1, 0.15) is 42.3 Å². The monoisotopic (exact) mass is 998 g/mol. The highest BCUT2D eigenvalue weighted by Gasteiger charge is 2.44. The third-order valence-electron chi connectivity index (χ3n) is 12.8. The Morgan fingerprint density at radius 1 is 0.704 bits per heavy atom. The van der Waals surface area contributed by atoms with E-state index in [1.165, 1.54) is 14.7 Å². The Bertz CT molecular complexity index is 2040. The van der Waals surface area contributed by atoms with Crippen molar-refractivity contribution in [3.05, 3.63) is 35.9 Å². The first-order chi connectivity index (χ1) is 33.9. The van der Waals surface area contributed by atoms with Crippen molar-refractivity contribution in [2.75, 3.05) is 45.9 Å². The smallest absolute Gasteiger partial charge is 0.326 e. The van der Waals surface area contributed by atoms with Gasteiger partial charge < -0.3 is 74.4 Å². The van der Waals surface area contributed by atoms with Crippen molar-refractivity contribution < 1.29 is 53.4 Å². The van der Waals surface area contributed by atoms with Crippen molar-refractivity contribution >= 4 is 59.2 Å². The highest BCUT2D eigenvalue weighted by atomic mass is 16.4. The van der Waals surface area contributed by atoms with Gasteiger partial charge in [0.2, 0.25) is 47.3 Å².